The van der Waals surface area contributed by atoms with Gasteiger partial charge in [0.05, 0.1) is 0 Å². The molecule has 212 valence electrons. The SMILES string of the molecule is Brc1ccc2c(-c3cccc4cc(-c5ccc(-c6nc(-c7ccccc7)nc(-c7ccccc7)n6)cc5)ccc34)cccc2c1. The van der Waals surface area contributed by atoms with E-state index in [2.05, 4.69) is 113 Å². The third-order valence-corrected chi connectivity index (χ3v) is 8.68. The van der Waals surface area contributed by atoms with Crippen LogP contribution in [0.25, 0.3) is 78.0 Å². The number of aromatic nitrogens is 3. The molecule has 45 heavy (non-hydrogen) atoms. The zero-order chi connectivity index (χ0) is 30.2. The molecule has 7 aromatic carbocycles. The smallest absolute Gasteiger partial charge is 0.164 e. The Labute approximate surface area is 270 Å². The first-order chi connectivity index (χ1) is 22.2. The van der Waals surface area contributed by atoms with Crippen molar-refractivity contribution in [1.82, 2.24) is 15.0 Å². The first kappa shape index (κ1) is 27.1. The predicted molar refractivity (Wildman–Crippen MR) is 190 cm³/mol. The Morgan fingerprint density at radius 1 is 0.333 bits per heavy atom. The van der Waals surface area contributed by atoms with Gasteiger partial charge in [-0.2, -0.15) is 0 Å². The van der Waals surface area contributed by atoms with Crippen molar-refractivity contribution in [3.63, 3.8) is 0 Å². The highest BCUT2D eigenvalue weighted by molar-refractivity contribution is 9.10. The highest BCUT2D eigenvalue weighted by Crippen LogP contribution is 2.36. The third kappa shape index (κ3) is 5.30. The Bertz CT molecular complexity index is 2260. The molecule has 0 saturated heterocycles. The number of hydrogen-bond donors (Lipinski definition) is 0. The van der Waals surface area contributed by atoms with Gasteiger partial charge in [-0.3, -0.25) is 0 Å². The van der Waals surface area contributed by atoms with Gasteiger partial charge in [-0.25, -0.2) is 15.0 Å². The molecule has 8 rings (SSSR count). The van der Waals surface area contributed by atoms with Crippen molar-refractivity contribution in [1.29, 1.82) is 0 Å². The predicted octanol–water partition coefficient (Wildman–Crippen LogP) is 11.3. The van der Waals surface area contributed by atoms with E-state index in [-0.39, 0.29) is 0 Å². The Morgan fingerprint density at radius 2 is 0.778 bits per heavy atom. The fourth-order valence-electron chi connectivity index (χ4n) is 5.94. The molecule has 0 bridgehead atoms. The Balaban J connectivity index is 1.16. The summed E-state index contributed by atoms with van der Waals surface area (Å²) in [5.41, 5.74) is 7.65. The summed E-state index contributed by atoms with van der Waals surface area (Å²) >= 11 is 3.62. The molecule has 0 saturated carbocycles. The highest BCUT2D eigenvalue weighted by atomic mass is 79.9. The van der Waals surface area contributed by atoms with Crippen molar-refractivity contribution in [2.24, 2.45) is 0 Å². The van der Waals surface area contributed by atoms with Crippen LogP contribution in [0.2, 0.25) is 0 Å². The molecule has 1 aromatic heterocycles. The Hall–Kier alpha value is -5.45. The lowest BCUT2D eigenvalue weighted by molar-refractivity contribution is 1.07. The van der Waals surface area contributed by atoms with Crippen LogP contribution in [0, 0.1) is 0 Å². The maximum atomic E-state index is 4.88. The van der Waals surface area contributed by atoms with Gasteiger partial charge >= 0.3 is 0 Å². The average Bonchev–Trinajstić information content (AvgIpc) is 3.11. The molecule has 0 radical (unpaired) electrons. The van der Waals surface area contributed by atoms with E-state index in [9.17, 15) is 0 Å². The average molecular weight is 641 g/mol. The second kappa shape index (κ2) is 11.6. The van der Waals surface area contributed by atoms with Crippen LogP contribution < -0.4 is 0 Å². The second-order valence-corrected chi connectivity index (χ2v) is 11.9. The zero-order valence-electron chi connectivity index (χ0n) is 24.2. The van der Waals surface area contributed by atoms with E-state index in [1.54, 1.807) is 0 Å². The molecule has 0 fully saturated rings. The summed E-state index contributed by atoms with van der Waals surface area (Å²) in [4.78, 5) is 14.6. The van der Waals surface area contributed by atoms with Crippen LogP contribution in [0.5, 0.6) is 0 Å². The number of fused-ring (bicyclic) bond motifs is 2. The van der Waals surface area contributed by atoms with Crippen molar-refractivity contribution in [2.75, 3.05) is 0 Å². The van der Waals surface area contributed by atoms with Gasteiger partial charge in [0.15, 0.2) is 17.5 Å². The first-order valence-corrected chi connectivity index (χ1v) is 15.7. The topological polar surface area (TPSA) is 38.7 Å². The van der Waals surface area contributed by atoms with Crippen LogP contribution in [0.15, 0.2) is 162 Å². The monoisotopic (exact) mass is 639 g/mol. The summed E-state index contributed by atoms with van der Waals surface area (Å²) in [6.07, 6.45) is 0. The molecular formula is C41H26BrN3. The number of rotatable bonds is 5. The van der Waals surface area contributed by atoms with Crippen LogP contribution in [-0.4, -0.2) is 15.0 Å². The van der Waals surface area contributed by atoms with E-state index in [4.69, 9.17) is 15.0 Å². The minimum absolute atomic E-state index is 0.652. The van der Waals surface area contributed by atoms with Crippen LogP contribution in [0.1, 0.15) is 0 Å². The largest absolute Gasteiger partial charge is 0.208 e. The number of nitrogens with zero attached hydrogens (tertiary/aromatic N) is 3. The lowest BCUT2D eigenvalue weighted by Gasteiger charge is -2.12. The van der Waals surface area contributed by atoms with Crippen LogP contribution in [0.3, 0.4) is 0 Å². The summed E-state index contributed by atoms with van der Waals surface area (Å²) in [5, 5.41) is 4.92. The van der Waals surface area contributed by atoms with Gasteiger partial charge in [0.2, 0.25) is 0 Å². The molecule has 3 nitrogen and oxygen atoms in total. The van der Waals surface area contributed by atoms with Gasteiger partial charge in [-0.1, -0.05) is 155 Å². The summed E-state index contributed by atoms with van der Waals surface area (Å²) in [6.45, 7) is 0. The molecule has 0 atom stereocenters. The Kier molecular flexibility index (Phi) is 6.97. The maximum Gasteiger partial charge on any atom is 0.164 e. The normalized spacial score (nSPS) is 11.2. The molecule has 0 spiro atoms. The van der Waals surface area contributed by atoms with E-state index >= 15 is 0 Å². The molecule has 0 unspecified atom stereocenters. The summed E-state index contributed by atoms with van der Waals surface area (Å²) in [7, 11) is 0. The van der Waals surface area contributed by atoms with Gasteiger partial charge < -0.3 is 0 Å². The fraction of sp³-hybridized carbons (Fsp3) is 0. The van der Waals surface area contributed by atoms with Gasteiger partial charge in [-0.05, 0) is 62.0 Å². The molecule has 0 aliphatic rings. The first-order valence-electron chi connectivity index (χ1n) is 14.9. The van der Waals surface area contributed by atoms with Gasteiger partial charge in [0.1, 0.15) is 0 Å². The molecule has 8 aromatic rings. The molecule has 0 aliphatic heterocycles. The lowest BCUT2D eigenvalue weighted by atomic mass is 9.92. The third-order valence-electron chi connectivity index (χ3n) is 8.19. The summed E-state index contributed by atoms with van der Waals surface area (Å²) in [6, 6.07) is 54.9. The number of benzene rings is 7. The molecule has 0 aliphatic carbocycles. The van der Waals surface area contributed by atoms with Gasteiger partial charge in [0, 0.05) is 21.2 Å². The van der Waals surface area contributed by atoms with Crippen LogP contribution in [-0.2, 0) is 0 Å². The van der Waals surface area contributed by atoms with Crippen molar-refractivity contribution in [3.05, 3.63) is 162 Å². The standard InChI is InChI=1S/C41H26BrN3/c42-34-22-24-36-33(26-34)14-8-16-38(36)37-15-7-13-32-25-31(21-23-35(32)37)27-17-19-30(20-18-27)41-44-39(28-9-3-1-4-10-28)43-40(45-41)29-11-5-2-6-12-29/h1-26H. The highest BCUT2D eigenvalue weighted by Gasteiger charge is 2.13. The molecule has 0 amide bonds. The quantitative estimate of drug-likeness (QED) is 0.188. The minimum atomic E-state index is 0.652. The van der Waals surface area contributed by atoms with Crippen molar-refractivity contribution < 1.29 is 0 Å². The lowest BCUT2D eigenvalue weighted by Crippen LogP contribution is -2.00. The van der Waals surface area contributed by atoms with Crippen LogP contribution in [0.4, 0.5) is 0 Å². The van der Waals surface area contributed by atoms with Crippen molar-refractivity contribution >= 4 is 37.5 Å². The van der Waals surface area contributed by atoms with E-state index < -0.39 is 0 Å². The van der Waals surface area contributed by atoms with Gasteiger partial charge in [-0.15, -0.1) is 0 Å². The number of hydrogen-bond acceptors (Lipinski definition) is 3. The molecule has 4 heteroatoms. The maximum absolute atomic E-state index is 4.88. The van der Waals surface area contributed by atoms with E-state index in [1.165, 1.54) is 38.2 Å². The molecule has 1 heterocycles. The van der Waals surface area contributed by atoms with Crippen LogP contribution >= 0.6 is 15.9 Å². The summed E-state index contributed by atoms with van der Waals surface area (Å²) in [5.74, 6) is 1.97. The minimum Gasteiger partial charge on any atom is -0.208 e. The van der Waals surface area contributed by atoms with E-state index in [1.807, 2.05) is 60.7 Å². The Morgan fingerprint density at radius 3 is 1.33 bits per heavy atom. The van der Waals surface area contributed by atoms with Gasteiger partial charge in [0.25, 0.3) is 0 Å². The summed E-state index contributed by atoms with van der Waals surface area (Å²) < 4.78 is 1.09. The zero-order valence-corrected chi connectivity index (χ0v) is 25.8. The second-order valence-electron chi connectivity index (χ2n) is 11.0. The van der Waals surface area contributed by atoms with E-state index in [0.717, 1.165) is 26.7 Å². The fourth-order valence-corrected chi connectivity index (χ4v) is 6.32. The number of halogens is 1. The van der Waals surface area contributed by atoms with Crippen molar-refractivity contribution in [2.45, 2.75) is 0 Å². The van der Waals surface area contributed by atoms with E-state index in [0.29, 0.717) is 17.5 Å². The van der Waals surface area contributed by atoms with Crippen molar-refractivity contribution in [3.8, 4) is 56.4 Å². The molecular weight excluding hydrogens is 614 g/mol. The molecule has 0 N–H and O–H groups in total.